The van der Waals surface area contributed by atoms with Crippen molar-refractivity contribution in [1.29, 1.82) is 0 Å². The van der Waals surface area contributed by atoms with Crippen LogP contribution in [0.3, 0.4) is 0 Å². The van der Waals surface area contributed by atoms with Gasteiger partial charge in [-0.3, -0.25) is 15.0 Å². The third-order valence-corrected chi connectivity index (χ3v) is 5.50. The lowest BCUT2D eigenvalue weighted by Gasteiger charge is -2.13. The minimum atomic E-state index is -0.301. The maximum atomic E-state index is 13.8. The van der Waals surface area contributed by atoms with Crippen molar-refractivity contribution in [1.82, 2.24) is 24.9 Å². The van der Waals surface area contributed by atoms with Gasteiger partial charge in [-0.25, -0.2) is 9.37 Å². The maximum absolute atomic E-state index is 13.8. The van der Waals surface area contributed by atoms with Crippen LogP contribution >= 0.6 is 0 Å². The maximum Gasteiger partial charge on any atom is 0.123 e. The highest BCUT2D eigenvalue weighted by Gasteiger charge is 2.13. The number of fused-ring (bicyclic) bond motifs is 1. The second kappa shape index (κ2) is 10.0. The van der Waals surface area contributed by atoms with Gasteiger partial charge >= 0.3 is 0 Å². The molecule has 5 rings (SSSR count). The Kier molecular flexibility index (Phi) is 6.69. The molecule has 0 bridgehead atoms. The largest absolute Gasteiger partial charge is 0.397 e. The number of nitrogens with zero attached hydrogens (tertiary/aromatic N) is 5. The first kappa shape index (κ1) is 23.4. The molecular weight excluding hydrogens is 441 g/mol. The number of H-pyrrole nitrogens is 1. The molecule has 0 unspecified atom stereocenters. The molecule has 7 nitrogen and oxygen atoms in total. The Balaban J connectivity index is 0.00000141. The average Bonchev–Trinajstić information content (AvgIpc) is 3.29. The van der Waals surface area contributed by atoms with Crippen LogP contribution in [0.25, 0.3) is 33.4 Å². The highest BCUT2D eigenvalue weighted by atomic mass is 19.1. The van der Waals surface area contributed by atoms with Crippen molar-refractivity contribution in [3.8, 4) is 35.2 Å². The molecular formula is C27H24FN7. The number of pyridine rings is 3. The summed E-state index contributed by atoms with van der Waals surface area (Å²) in [4.78, 5) is 23.2. The number of nitrogens with two attached hydrogens (primary N) is 1. The summed E-state index contributed by atoms with van der Waals surface area (Å²) >= 11 is 0. The number of aromatic nitrogens is 5. The number of anilines is 2. The summed E-state index contributed by atoms with van der Waals surface area (Å²) in [6.07, 6.45) is 17.2. The summed E-state index contributed by atoms with van der Waals surface area (Å²) in [6.45, 7) is 0. The second-order valence-corrected chi connectivity index (χ2v) is 8.05. The number of halogens is 1. The lowest BCUT2D eigenvalue weighted by Crippen LogP contribution is -2.09. The smallest absolute Gasteiger partial charge is 0.123 e. The van der Waals surface area contributed by atoms with Crippen molar-refractivity contribution >= 4 is 22.4 Å². The third kappa shape index (κ3) is 4.94. The molecule has 174 valence electrons. The van der Waals surface area contributed by atoms with Crippen molar-refractivity contribution in [3.05, 3.63) is 84.6 Å². The first-order chi connectivity index (χ1) is 17.0. The van der Waals surface area contributed by atoms with Crippen molar-refractivity contribution in [2.75, 3.05) is 24.7 Å². The number of nitrogen functional groups attached to an aromatic ring is 1. The average molecular weight is 466 g/mol. The monoisotopic (exact) mass is 465 g/mol. The van der Waals surface area contributed by atoms with E-state index in [0.29, 0.717) is 12.1 Å². The molecule has 0 radical (unpaired) electrons. The standard InChI is InChI=1S/C25H22FN7.C2H2/c1-33(2)19-7-17(10-28-11-19)22-8-16(21(27)13-30-22)9-24-31-23-14-29-12-20(25(23)32-24)15-4-3-5-18(26)6-15;1-2/h3-8,10-14H,9,27H2,1-2H3,(H,31,32);1-2H. The SMILES string of the molecule is C#C.CN(C)c1cncc(-c2cc(Cc3nc4c(-c5cccc(F)c5)cncc4[nH]3)c(N)cn2)c1. The van der Waals surface area contributed by atoms with Crippen LogP contribution in [0.15, 0.2) is 67.4 Å². The Bertz CT molecular complexity index is 1500. The predicted octanol–water partition coefficient (Wildman–Crippen LogP) is 4.71. The van der Waals surface area contributed by atoms with Crippen molar-refractivity contribution < 1.29 is 4.39 Å². The molecule has 0 aliphatic rings. The fraction of sp³-hybridized carbons (Fsp3) is 0.111. The Labute approximate surface area is 202 Å². The van der Waals surface area contributed by atoms with Gasteiger partial charge < -0.3 is 15.6 Å². The number of rotatable bonds is 5. The fourth-order valence-corrected chi connectivity index (χ4v) is 3.75. The van der Waals surface area contributed by atoms with Crippen LogP contribution in [0, 0.1) is 18.7 Å². The summed E-state index contributed by atoms with van der Waals surface area (Å²) < 4.78 is 13.8. The van der Waals surface area contributed by atoms with Crippen LogP contribution in [0.1, 0.15) is 11.4 Å². The fourth-order valence-electron chi connectivity index (χ4n) is 3.75. The van der Waals surface area contributed by atoms with E-state index in [1.165, 1.54) is 12.1 Å². The summed E-state index contributed by atoms with van der Waals surface area (Å²) in [5.41, 5.74) is 13.4. The van der Waals surface area contributed by atoms with Gasteiger partial charge in [0.05, 0.1) is 46.7 Å². The van der Waals surface area contributed by atoms with Gasteiger partial charge in [-0.15, -0.1) is 12.8 Å². The summed E-state index contributed by atoms with van der Waals surface area (Å²) in [5.74, 6) is 0.435. The van der Waals surface area contributed by atoms with E-state index < -0.39 is 0 Å². The van der Waals surface area contributed by atoms with Gasteiger partial charge in [0, 0.05) is 44.0 Å². The molecule has 0 saturated carbocycles. The van der Waals surface area contributed by atoms with Crippen molar-refractivity contribution in [3.63, 3.8) is 0 Å². The van der Waals surface area contributed by atoms with E-state index in [9.17, 15) is 4.39 Å². The number of benzene rings is 1. The number of nitrogens with one attached hydrogen (secondary N) is 1. The quantitative estimate of drug-likeness (QED) is 0.365. The van der Waals surface area contributed by atoms with E-state index in [1.54, 1.807) is 37.1 Å². The van der Waals surface area contributed by atoms with Gasteiger partial charge in [0.15, 0.2) is 0 Å². The number of hydrogen-bond acceptors (Lipinski definition) is 6. The van der Waals surface area contributed by atoms with Crippen LogP contribution < -0.4 is 10.6 Å². The van der Waals surface area contributed by atoms with Crippen LogP contribution in [0.2, 0.25) is 0 Å². The Morgan fingerprint density at radius 3 is 2.54 bits per heavy atom. The Morgan fingerprint density at radius 1 is 0.971 bits per heavy atom. The molecule has 4 aromatic heterocycles. The van der Waals surface area contributed by atoms with Gasteiger partial charge in [0.2, 0.25) is 0 Å². The van der Waals surface area contributed by atoms with E-state index in [1.807, 2.05) is 37.2 Å². The molecule has 3 N–H and O–H groups in total. The normalized spacial score (nSPS) is 10.5. The molecule has 0 aliphatic carbocycles. The lowest BCUT2D eigenvalue weighted by atomic mass is 10.1. The van der Waals surface area contributed by atoms with E-state index in [4.69, 9.17) is 10.7 Å². The van der Waals surface area contributed by atoms with Crippen LogP contribution in [-0.4, -0.2) is 39.0 Å². The highest BCUT2D eigenvalue weighted by molar-refractivity contribution is 5.91. The number of terminal acetylenes is 1. The van der Waals surface area contributed by atoms with E-state index in [-0.39, 0.29) is 5.82 Å². The van der Waals surface area contributed by atoms with E-state index >= 15 is 0 Å². The number of aromatic amines is 1. The number of hydrogen-bond donors (Lipinski definition) is 2. The summed E-state index contributed by atoms with van der Waals surface area (Å²) in [6, 6.07) is 10.4. The highest BCUT2D eigenvalue weighted by Crippen LogP contribution is 2.29. The minimum Gasteiger partial charge on any atom is -0.397 e. The van der Waals surface area contributed by atoms with E-state index in [0.717, 1.165) is 50.5 Å². The van der Waals surface area contributed by atoms with Gasteiger partial charge in [-0.1, -0.05) is 12.1 Å². The molecule has 8 heteroatoms. The molecule has 35 heavy (non-hydrogen) atoms. The molecule has 5 aromatic rings. The van der Waals surface area contributed by atoms with Crippen LogP contribution in [0.5, 0.6) is 0 Å². The van der Waals surface area contributed by atoms with Crippen LogP contribution in [0.4, 0.5) is 15.8 Å². The first-order valence-corrected chi connectivity index (χ1v) is 10.8. The van der Waals surface area contributed by atoms with Gasteiger partial charge in [0.25, 0.3) is 0 Å². The summed E-state index contributed by atoms with van der Waals surface area (Å²) in [5, 5.41) is 0. The second-order valence-electron chi connectivity index (χ2n) is 8.05. The molecule has 1 aromatic carbocycles. The van der Waals surface area contributed by atoms with E-state index in [2.05, 4.69) is 32.8 Å². The zero-order valence-electron chi connectivity index (χ0n) is 19.4. The molecule has 0 atom stereocenters. The van der Waals surface area contributed by atoms with Gasteiger partial charge in [0.1, 0.15) is 11.6 Å². The first-order valence-electron chi connectivity index (χ1n) is 10.8. The number of imidazole rings is 1. The Hall–Kier alpha value is -4.77. The molecule has 4 heterocycles. The van der Waals surface area contributed by atoms with Gasteiger partial charge in [-0.2, -0.15) is 0 Å². The lowest BCUT2D eigenvalue weighted by molar-refractivity contribution is 0.628. The third-order valence-electron chi connectivity index (χ3n) is 5.50. The molecule has 0 saturated heterocycles. The topological polar surface area (TPSA) is 96.6 Å². The van der Waals surface area contributed by atoms with Crippen molar-refractivity contribution in [2.45, 2.75) is 6.42 Å². The summed E-state index contributed by atoms with van der Waals surface area (Å²) in [7, 11) is 3.94. The minimum absolute atomic E-state index is 0.301. The van der Waals surface area contributed by atoms with Crippen LogP contribution in [-0.2, 0) is 6.42 Å². The molecule has 0 fully saturated rings. The predicted molar refractivity (Wildman–Crippen MR) is 138 cm³/mol. The van der Waals surface area contributed by atoms with Gasteiger partial charge in [-0.05, 0) is 35.4 Å². The molecule has 0 amide bonds. The molecule has 0 aliphatic heterocycles. The zero-order valence-corrected chi connectivity index (χ0v) is 19.4. The molecule has 0 spiro atoms. The zero-order chi connectivity index (χ0) is 24.9. The van der Waals surface area contributed by atoms with Crippen molar-refractivity contribution in [2.24, 2.45) is 0 Å². The Morgan fingerprint density at radius 2 is 1.77 bits per heavy atom.